The number of nitrogens with one attached hydrogen (secondary N) is 3. The molecule has 0 aliphatic rings. The van der Waals surface area contributed by atoms with Crippen molar-refractivity contribution in [2.75, 3.05) is 10.6 Å². The summed E-state index contributed by atoms with van der Waals surface area (Å²) in [4.78, 5) is 25.0. The van der Waals surface area contributed by atoms with Gasteiger partial charge in [0.1, 0.15) is 5.58 Å². The molecule has 2 amide bonds. The van der Waals surface area contributed by atoms with E-state index in [0.29, 0.717) is 22.5 Å². The highest BCUT2D eigenvalue weighted by atomic mass is 32.1. The Morgan fingerprint density at radius 3 is 2.31 bits per heavy atom. The van der Waals surface area contributed by atoms with Crippen LogP contribution < -0.4 is 16.0 Å². The highest BCUT2D eigenvalue weighted by Gasteiger charge is 2.14. The minimum atomic E-state index is -0.328. The molecule has 0 bridgehead atoms. The molecule has 0 saturated heterocycles. The predicted molar refractivity (Wildman–Crippen MR) is 130 cm³/mol. The van der Waals surface area contributed by atoms with E-state index in [-0.39, 0.29) is 22.7 Å². The second kappa shape index (κ2) is 9.03. The van der Waals surface area contributed by atoms with Gasteiger partial charge in [-0.3, -0.25) is 14.9 Å². The molecule has 0 unspecified atom stereocenters. The van der Waals surface area contributed by atoms with Gasteiger partial charge in [0.15, 0.2) is 10.9 Å². The van der Waals surface area contributed by atoms with Crippen molar-refractivity contribution in [2.24, 2.45) is 0 Å². The minimum Gasteiger partial charge on any atom is -0.451 e. The number of aryl methyl sites for hydroxylation is 2. The lowest BCUT2D eigenvalue weighted by Gasteiger charge is -2.13. The van der Waals surface area contributed by atoms with E-state index in [0.717, 1.165) is 16.5 Å². The van der Waals surface area contributed by atoms with Crippen LogP contribution in [-0.4, -0.2) is 16.9 Å². The second-order valence-corrected chi connectivity index (χ2v) is 7.76. The molecular weight excluding hydrogens is 422 g/mol. The van der Waals surface area contributed by atoms with E-state index in [4.69, 9.17) is 16.6 Å². The number of anilines is 2. The number of amides is 2. The zero-order valence-corrected chi connectivity index (χ0v) is 18.4. The number of benzene rings is 3. The van der Waals surface area contributed by atoms with Crippen LogP contribution in [0.5, 0.6) is 0 Å². The number of para-hydroxylation sites is 1. The molecule has 1 aromatic heterocycles. The summed E-state index contributed by atoms with van der Waals surface area (Å²) in [6.07, 6.45) is 0. The maximum Gasteiger partial charge on any atom is 0.291 e. The molecule has 3 aromatic carbocycles. The van der Waals surface area contributed by atoms with Gasteiger partial charge in [0, 0.05) is 22.3 Å². The summed E-state index contributed by atoms with van der Waals surface area (Å²) >= 11 is 5.27. The van der Waals surface area contributed by atoms with Crippen LogP contribution in [0, 0.1) is 13.8 Å². The van der Waals surface area contributed by atoms with Crippen LogP contribution in [0.15, 0.2) is 77.2 Å². The molecular formula is C25H21N3O3S. The van der Waals surface area contributed by atoms with E-state index >= 15 is 0 Å². The molecule has 0 fully saturated rings. The van der Waals surface area contributed by atoms with Gasteiger partial charge in [0.25, 0.3) is 11.8 Å². The predicted octanol–water partition coefficient (Wildman–Crippen LogP) is 5.43. The molecule has 7 heteroatoms. The van der Waals surface area contributed by atoms with Crippen LogP contribution >= 0.6 is 12.2 Å². The van der Waals surface area contributed by atoms with Crippen molar-refractivity contribution < 1.29 is 14.0 Å². The third-order valence-corrected chi connectivity index (χ3v) is 5.20. The van der Waals surface area contributed by atoms with E-state index < -0.39 is 0 Å². The average Bonchev–Trinajstić information content (AvgIpc) is 3.20. The first-order valence-corrected chi connectivity index (χ1v) is 10.4. The quantitative estimate of drug-likeness (QED) is 0.367. The van der Waals surface area contributed by atoms with Gasteiger partial charge in [-0.1, -0.05) is 36.4 Å². The van der Waals surface area contributed by atoms with Crippen molar-refractivity contribution in [3.05, 3.63) is 95.2 Å². The highest BCUT2D eigenvalue weighted by molar-refractivity contribution is 7.80. The fourth-order valence-corrected chi connectivity index (χ4v) is 3.53. The standard InChI is InChI=1S/C25H21N3O3S/c1-15-7-3-5-9-19(15)23(29)28-25(32)26-18-11-12-20(16(2)13-18)27-24(30)22-14-17-8-4-6-10-21(17)31-22/h3-14H,1-2H3,(H,27,30)(H2,26,28,29,32). The summed E-state index contributed by atoms with van der Waals surface area (Å²) in [7, 11) is 0. The number of carbonyl (C=O) groups excluding carboxylic acids is 2. The molecule has 4 rings (SSSR count). The summed E-state index contributed by atoms with van der Waals surface area (Å²) in [5.74, 6) is -0.356. The third-order valence-electron chi connectivity index (χ3n) is 5.00. The van der Waals surface area contributed by atoms with Gasteiger partial charge in [0.2, 0.25) is 0 Å². The summed E-state index contributed by atoms with van der Waals surface area (Å²) in [5.41, 5.74) is 4.27. The first-order valence-electron chi connectivity index (χ1n) is 9.99. The van der Waals surface area contributed by atoms with E-state index in [1.54, 1.807) is 30.3 Å². The van der Waals surface area contributed by atoms with E-state index in [1.807, 2.05) is 56.3 Å². The number of rotatable bonds is 4. The first-order chi connectivity index (χ1) is 15.4. The number of hydrogen-bond donors (Lipinski definition) is 3. The number of carbonyl (C=O) groups is 2. The van der Waals surface area contributed by atoms with Crippen LogP contribution in [0.1, 0.15) is 32.0 Å². The zero-order chi connectivity index (χ0) is 22.7. The smallest absolute Gasteiger partial charge is 0.291 e. The Balaban J connectivity index is 1.40. The Morgan fingerprint density at radius 2 is 1.56 bits per heavy atom. The van der Waals surface area contributed by atoms with Crippen LogP contribution in [0.25, 0.3) is 11.0 Å². The normalized spacial score (nSPS) is 10.6. The Morgan fingerprint density at radius 1 is 0.812 bits per heavy atom. The molecule has 0 saturated carbocycles. The van der Waals surface area contributed by atoms with E-state index in [2.05, 4.69) is 16.0 Å². The molecule has 0 spiro atoms. The van der Waals surface area contributed by atoms with Gasteiger partial charge in [-0.25, -0.2) is 0 Å². The summed E-state index contributed by atoms with van der Waals surface area (Å²) in [5, 5.41) is 9.61. The zero-order valence-electron chi connectivity index (χ0n) is 17.6. The molecule has 0 atom stereocenters. The van der Waals surface area contributed by atoms with Crippen molar-refractivity contribution in [3.8, 4) is 0 Å². The lowest BCUT2D eigenvalue weighted by molar-refractivity contribution is 0.0974. The van der Waals surface area contributed by atoms with Gasteiger partial charge in [-0.15, -0.1) is 0 Å². The van der Waals surface area contributed by atoms with Crippen LogP contribution in [0.2, 0.25) is 0 Å². The number of fused-ring (bicyclic) bond motifs is 1. The largest absolute Gasteiger partial charge is 0.451 e. The first kappa shape index (κ1) is 21.3. The Hall–Kier alpha value is -3.97. The van der Waals surface area contributed by atoms with Crippen LogP contribution in [0.4, 0.5) is 11.4 Å². The van der Waals surface area contributed by atoms with Crippen molar-refractivity contribution in [2.45, 2.75) is 13.8 Å². The lowest BCUT2D eigenvalue weighted by atomic mass is 10.1. The van der Waals surface area contributed by atoms with Gasteiger partial charge in [0.05, 0.1) is 0 Å². The van der Waals surface area contributed by atoms with Crippen molar-refractivity contribution in [1.29, 1.82) is 0 Å². The monoisotopic (exact) mass is 443 g/mol. The minimum absolute atomic E-state index is 0.191. The van der Waals surface area contributed by atoms with Gasteiger partial charge in [-0.2, -0.15) is 0 Å². The van der Waals surface area contributed by atoms with Crippen molar-refractivity contribution in [3.63, 3.8) is 0 Å². The third kappa shape index (κ3) is 4.68. The fourth-order valence-electron chi connectivity index (χ4n) is 3.32. The maximum absolute atomic E-state index is 12.6. The SMILES string of the molecule is Cc1cc(NC(=S)NC(=O)c2ccccc2C)ccc1NC(=O)c1cc2ccccc2o1. The summed E-state index contributed by atoms with van der Waals surface area (Å²) < 4.78 is 5.62. The lowest BCUT2D eigenvalue weighted by Crippen LogP contribution is -2.34. The van der Waals surface area contributed by atoms with Crippen molar-refractivity contribution >= 4 is 51.5 Å². The van der Waals surface area contributed by atoms with Crippen LogP contribution in [0.3, 0.4) is 0 Å². The molecule has 3 N–H and O–H groups in total. The highest BCUT2D eigenvalue weighted by Crippen LogP contribution is 2.23. The fraction of sp³-hybridized carbons (Fsp3) is 0.0800. The van der Waals surface area contributed by atoms with Crippen molar-refractivity contribution in [1.82, 2.24) is 5.32 Å². The molecule has 6 nitrogen and oxygen atoms in total. The number of furan rings is 1. The Labute approximate surface area is 190 Å². The number of hydrogen-bond acceptors (Lipinski definition) is 4. The van der Waals surface area contributed by atoms with E-state index in [1.165, 1.54) is 0 Å². The summed E-state index contributed by atoms with van der Waals surface area (Å²) in [6, 6.07) is 21.8. The number of thiocarbonyl (C=S) groups is 1. The van der Waals surface area contributed by atoms with Gasteiger partial charge >= 0.3 is 0 Å². The van der Waals surface area contributed by atoms with Gasteiger partial charge < -0.3 is 15.1 Å². The molecule has 0 radical (unpaired) electrons. The molecule has 0 aliphatic carbocycles. The van der Waals surface area contributed by atoms with E-state index in [9.17, 15) is 9.59 Å². The molecule has 32 heavy (non-hydrogen) atoms. The molecule has 0 aliphatic heterocycles. The molecule has 4 aromatic rings. The maximum atomic E-state index is 12.6. The topological polar surface area (TPSA) is 83.4 Å². The Kier molecular flexibility index (Phi) is 6.00. The summed E-state index contributed by atoms with van der Waals surface area (Å²) in [6.45, 7) is 3.74. The molecule has 1 heterocycles. The molecule has 160 valence electrons. The Bertz CT molecular complexity index is 1310. The second-order valence-electron chi connectivity index (χ2n) is 7.36. The average molecular weight is 444 g/mol. The van der Waals surface area contributed by atoms with Crippen LogP contribution in [-0.2, 0) is 0 Å². The van der Waals surface area contributed by atoms with Gasteiger partial charge in [-0.05, 0) is 73.6 Å².